The van der Waals surface area contributed by atoms with Crippen molar-refractivity contribution in [1.29, 1.82) is 0 Å². The van der Waals surface area contributed by atoms with Crippen LogP contribution in [-0.2, 0) is 10.0 Å². The Labute approximate surface area is 122 Å². The largest absolute Gasteiger partial charge is 0.507 e. The topological polar surface area (TPSA) is 77.9 Å². The molecule has 1 saturated heterocycles. The molecule has 0 saturated carbocycles. The highest BCUT2D eigenvalue weighted by molar-refractivity contribution is 7.88. The first-order chi connectivity index (χ1) is 9.29. The van der Waals surface area contributed by atoms with E-state index < -0.39 is 10.0 Å². The molecule has 0 aliphatic carbocycles. The molecule has 1 aromatic rings. The molecule has 1 N–H and O–H groups in total. The minimum Gasteiger partial charge on any atom is -0.507 e. The van der Waals surface area contributed by atoms with Gasteiger partial charge in [-0.3, -0.25) is 4.79 Å². The van der Waals surface area contributed by atoms with Gasteiger partial charge in [-0.2, -0.15) is 4.31 Å². The van der Waals surface area contributed by atoms with Gasteiger partial charge in [0.2, 0.25) is 10.0 Å². The number of rotatable bonds is 2. The maximum atomic E-state index is 12.2. The molecular formula is C12H15ClN2O4S. The van der Waals surface area contributed by atoms with Gasteiger partial charge in [-0.25, -0.2) is 8.42 Å². The van der Waals surface area contributed by atoms with Crippen LogP contribution in [0.5, 0.6) is 5.75 Å². The Hall–Kier alpha value is -1.31. The third-order valence-electron chi connectivity index (χ3n) is 3.19. The second-order valence-corrected chi connectivity index (χ2v) is 7.03. The Morgan fingerprint density at radius 1 is 1.25 bits per heavy atom. The van der Waals surface area contributed by atoms with Gasteiger partial charge in [-0.05, 0) is 18.2 Å². The Balaban J connectivity index is 2.09. The van der Waals surface area contributed by atoms with Crippen molar-refractivity contribution in [3.63, 3.8) is 0 Å². The van der Waals surface area contributed by atoms with Gasteiger partial charge >= 0.3 is 0 Å². The smallest absolute Gasteiger partial charge is 0.257 e. The van der Waals surface area contributed by atoms with E-state index in [9.17, 15) is 18.3 Å². The molecule has 0 radical (unpaired) electrons. The predicted octanol–water partition coefficient (Wildman–Crippen LogP) is 0.763. The average Bonchev–Trinajstić information content (AvgIpc) is 2.37. The normalized spacial score (nSPS) is 17.2. The van der Waals surface area contributed by atoms with Crippen LogP contribution >= 0.6 is 11.6 Å². The highest BCUT2D eigenvalue weighted by atomic mass is 35.5. The van der Waals surface area contributed by atoms with E-state index >= 15 is 0 Å². The van der Waals surface area contributed by atoms with Gasteiger partial charge < -0.3 is 10.0 Å². The van der Waals surface area contributed by atoms with Gasteiger partial charge in [-0.1, -0.05) is 11.6 Å². The van der Waals surface area contributed by atoms with Gasteiger partial charge in [0.1, 0.15) is 5.75 Å². The van der Waals surface area contributed by atoms with E-state index in [4.69, 9.17) is 11.6 Å². The van der Waals surface area contributed by atoms with Crippen LogP contribution in [0.4, 0.5) is 0 Å². The second kappa shape index (κ2) is 5.59. The van der Waals surface area contributed by atoms with E-state index in [2.05, 4.69) is 0 Å². The lowest BCUT2D eigenvalue weighted by Crippen LogP contribution is -2.50. The first-order valence-electron chi connectivity index (χ1n) is 6.02. The maximum Gasteiger partial charge on any atom is 0.257 e. The summed E-state index contributed by atoms with van der Waals surface area (Å²) in [6, 6.07) is 4.30. The fraction of sp³-hybridized carbons (Fsp3) is 0.417. The molecule has 8 heteroatoms. The summed E-state index contributed by atoms with van der Waals surface area (Å²) in [5.74, 6) is -0.500. The van der Waals surface area contributed by atoms with Crippen LogP contribution < -0.4 is 0 Å². The zero-order chi connectivity index (χ0) is 14.9. The Bertz CT molecular complexity index is 624. The molecule has 0 aromatic heterocycles. The quantitative estimate of drug-likeness (QED) is 0.873. The summed E-state index contributed by atoms with van der Waals surface area (Å²) < 4.78 is 24.1. The molecule has 1 aromatic carbocycles. The molecule has 0 unspecified atom stereocenters. The number of piperazine rings is 1. The summed E-state index contributed by atoms with van der Waals surface area (Å²) in [5, 5.41) is 10.1. The summed E-state index contributed by atoms with van der Waals surface area (Å²) in [4.78, 5) is 13.8. The molecule has 1 aliphatic rings. The summed E-state index contributed by atoms with van der Waals surface area (Å²) in [7, 11) is -3.22. The molecule has 0 bridgehead atoms. The van der Waals surface area contributed by atoms with Gasteiger partial charge in [0.05, 0.1) is 11.8 Å². The van der Waals surface area contributed by atoms with Crippen LogP contribution in [-0.4, -0.2) is 61.1 Å². The fourth-order valence-electron chi connectivity index (χ4n) is 2.08. The van der Waals surface area contributed by atoms with Crippen molar-refractivity contribution in [2.75, 3.05) is 32.4 Å². The molecule has 1 amide bonds. The molecule has 20 heavy (non-hydrogen) atoms. The highest BCUT2D eigenvalue weighted by Gasteiger charge is 2.27. The maximum absolute atomic E-state index is 12.2. The van der Waals surface area contributed by atoms with Crippen molar-refractivity contribution in [2.45, 2.75) is 0 Å². The third kappa shape index (κ3) is 3.23. The Morgan fingerprint density at radius 2 is 1.85 bits per heavy atom. The van der Waals surface area contributed by atoms with Crippen LogP contribution in [0.1, 0.15) is 10.4 Å². The number of aromatic hydroxyl groups is 1. The summed E-state index contributed by atoms with van der Waals surface area (Å²) in [6.07, 6.45) is 1.15. The first-order valence-corrected chi connectivity index (χ1v) is 8.24. The van der Waals surface area contributed by atoms with E-state index in [1.807, 2.05) is 0 Å². The number of phenols is 1. The van der Waals surface area contributed by atoms with Crippen molar-refractivity contribution in [3.8, 4) is 5.75 Å². The van der Waals surface area contributed by atoms with Crippen molar-refractivity contribution in [1.82, 2.24) is 9.21 Å². The molecule has 0 atom stereocenters. The molecular weight excluding hydrogens is 304 g/mol. The standard InChI is InChI=1S/C12H15ClN2O4S/c1-20(18,19)15-6-4-14(5-7-15)12(17)10-3-2-9(13)8-11(10)16/h2-3,8,16H,4-7H2,1H3. The summed E-state index contributed by atoms with van der Waals surface area (Å²) in [5.41, 5.74) is 0.169. The van der Waals surface area contributed by atoms with Gasteiger partial charge in [0.25, 0.3) is 5.91 Å². The lowest BCUT2D eigenvalue weighted by molar-refractivity contribution is 0.0695. The van der Waals surface area contributed by atoms with Crippen LogP contribution in [0, 0.1) is 0 Å². The SMILES string of the molecule is CS(=O)(=O)N1CCN(C(=O)c2ccc(Cl)cc2O)CC1. The molecule has 1 heterocycles. The van der Waals surface area contributed by atoms with Crippen molar-refractivity contribution in [3.05, 3.63) is 28.8 Å². The third-order valence-corrected chi connectivity index (χ3v) is 4.72. The molecule has 1 aliphatic heterocycles. The van der Waals surface area contributed by atoms with Gasteiger partial charge in [0, 0.05) is 31.2 Å². The van der Waals surface area contributed by atoms with Crippen LogP contribution in [0.3, 0.4) is 0 Å². The van der Waals surface area contributed by atoms with Gasteiger partial charge in [0.15, 0.2) is 0 Å². The Kier molecular flexibility index (Phi) is 4.22. The van der Waals surface area contributed by atoms with Crippen LogP contribution in [0.2, 0.25) is 5.02 Å². The van der Waals surface area contributed by atoms with E-state index in [0.29, 0.717) is 18.1 Å². The predicted molar refractivity (Wildman–Crippen MR) is 75.4 cm³/mol. The molecule has 1 fully saturated rings. The van der Waals surface area contributed by atoms with E-state index in [1.165, 1.54) is 27.4 Å². The van der Waals surface area contributed by atoms with Gasteiger partial charge in [-0.15, -0.1) is 0 Å². The first kappa shape index (κ1) is 15.1. The van der Waals surface area contributed by atoms with Crippen molar-refractivity contribution >= 4 is 27.5 Å². The number of benzene rings is 1. The zero-order valence-corrected chi connectivity index (χ0v) is 12.5. The number of amides is 1. The number of carbonyl (C=O) groups is 1. The molecule has 0 spiro atoms. The van der Waals surface area contributed by atoms with E-state index in [-0.39, 0.29) is 30.3 Å². The van der Waals surface area contributed by atoms with E-state index in [0.717, 1.165) is 6.26 Å². The number of carbonyl (C=O) groups excluding carboxylic acids is 1. The summed E-state index contributed by atoms with van der Waals surface area (Å²) in [6.45, 7) is 1.12. The van der Waals surface area contributed by atoms with Crippen molar-refractivity contribution in [2.24, 2.45) is 0 Å². The summed E-state index contributed by atoms with van der Waals surface area (Å²) >= 11 is 5.72. The average molecular weight is 319 g/mol. The minimum atomic E-state index is -3.22. The number of sulfonamides is 1. The lowest BCUT2D eigenvalue weighted by Gasteiger charge is -2.33. The number of halogens is 1. The second-order valence-electron chi connectivity index (χ2n) is 4.62. The Morgan fingerprint density at radius 3 is 2.35 bits per heavy atom. The number of phenolic OH excluding ortho intramolecular Hbond substituents is 1. The molecule has 2 rings (SSSR count). The molecule has 110 valence electrons. The zero-order valence-electron chi connectivity index (χ0n) is 10.9. The number of hydrogen-bond donors (Lipinski definition) is 1. The number of nitrogens with zero attached hydrogens (tertiary/aromatic N) is 2. The molecule has 6 nitrogen and oxygen atoms in total. The lowest BCUT2D eigenvalue weighted by atomic mass is 10.1. The van der Waals surface area contributed by atoms with Crippen LogP contribution in [0.25, 0.3) is 0 Å². The fourth-order valence-corrected chi connectivity index (χ4v) is 3.07. The minimum absolute atomic E-state index is 0.169. The van der Waals surface area contributed by atoms with Crippen molar-refractivity contribution < 1.29 is 18.3 Å². The van der Waals surface area contributed by atoms with E-state index in [1.54, 1.807) is 0 Å². The van der Waals surface area contributed by atoms with Crippen LogP contribution in [0.15, 0.2) is 18.2 Å². The number of hydrogen-bond acceptors (Lipinski definition) is 4. The highest BCUT2D eigenvalue weighted by Crippen LogP contribution is 2.23. The monoisotopic (exact) mass is 318 g/mol.